The fourth-order valence-corrected chi connectivity index (χ4v) is 2.64. The molecular formula is C14H10Br2F2O. The second-order valence-corrected chi connectivity index (χ2v) is 5.84. The van der Waals surface area contributed by atoms with Gasteiger partial charge >= 0.3 is 0 Å². The average molecular weight is 392 g/mol. The zero-order valence-electron chi connectivity index (χ0n) is 9.71. The van der Waals surface area contributed by atoms with Gasteiger partial charge in [0, 0.05) is 10.9 Å². The van der Waals surface area contributed by atoms with E-state index in [2.05, 4.69) is 31.9 Å². The van der Waals surface area contributed by atoms with Crippen molar-refractivity contribution in [3.8, 4) is 0 Å². The molecule has 2 rings (SSSR count). The third-order valence-corrected chi connectivity index (χ3v) is 4.10. The van der Waals surface area contributed by atoms with Crippen LogP contribution < -0.4 is 0 Å². The van der Waals surface area contributed by atoms with Gasteiger partial charge in [0.2, 0.25) is 0 Å². The van der Waals surface area contributed by atoms with E-state index < -0.39 is 6.10 Å². The van der Waals surface area contributed by atoms with E-state index in [9.17, 15) is 13.9 Å². The lowest BCUT2D eigenvalue weighted by Crippen LogP contribution is -2.03. The number of benzene rings is 2. The van der Waals surface area contributed by atoms with Gasteiger partial charge in [-0.1, -0.05) is 28.1 Å². The molecular weight excluding hydrogens is 382 g/mol. The molecule has 2 aromatic rings. The van der Waals surface area contributed by atoms with Crippen molar-refractivity contribution < 1.29 is 13.9 Å². The minimum atomic E-state index is -0.779. The summed E-state index contributed by atoms with van der Waals surface area (Å²) in [6.07, 6.45) is -0.461. The Morgan fingerprint density at radius 1 is 1.00 bits per heavy atom. The average Bonchev–Trinajstić information content (AvgIpc) is 2.36. The maximum Gasteiger partial charge on any atom is 0.137 e. The summed E-state index contributed by atoms with van der Waals surface area (Å²) in [6.45, 7) is 0. The van der Waals surface area contributed by atoms with E-state index in [4.69, 9.17) is 0 Å². The zero-order chi connectivity index (χ0) is 14.0. The van der Waals surface area contributed by atoms with Crippen molar-refractivity contribution >= 4 is 31.9 Å². The van der Waals surface area contributed by atoms with E-state index in [0.717, 1.165) is 5.56 Å². The van der Waals surface area contributed by atoms with Crippen molar-refractivity contribution in [3.05, 3.63) is 68.1 Å². The molecule has 0 radical (unpaired) electrons. The van der Waals surface area contributed by atoms with Crippen LogP contribution in [0.4, 0.5) is 8.78 Å². The van der Waals surface area contributed by atoms with Crippen LogP contribution in [-0.4, -0.2) is 5.11 Å². The van der Waals surface area contributed by atoms with Crippen LogP contribution in [0.3, 0.4) is 0 Å². The van der Waals surface area contributed by atoms with E-state index in [1.807, 2.05) is 0 Å². The van der Waals surface area contributed by atoms with Gasteiger partial charge in [0.05, 0.1) is 10.6 Å². The number of rotatable bonds is 3. The van der Waals surface area contributed by atoms with Crippen LogP contribution in [0.1, 0.15) is 17.2 Å². The molecule has 0 aromatic heterocycles. The molecule has 0 bridgehead atoms. The lowest BCUT2D eigenvalue weighted by atomic mass is 10.0. The first-order valence-corrected chi connectivity index (χ1v) is 7.13. The van der Waals surface area contributed by atoms with E-state index in [1.54, 1.807) is 6.07 Å². The monoisotopic (exact) mass is 390 g/mol. The molecule has 100 valence electrons. The highest BCUT2D eigenvalue weighted by Crippen LogP contribution is 2.27. The number of halogens is 4. The van der Waals surface area contributed by atoms with Crippen molar-refractivity contribution in [3.63, 3.8) is 0 Å². The molecule has 0 amide bonds. The Morgan fingerprint density at radius 2 is 1.74 bits per heavy atom. The minimum absolute atomic E-state index is 0.308. The minimum Gasteiger partial charge on any atom is -0.388 e. The fraction of sp³-hybridized carbons (Fsp3) is 0.143. The summed E-state index contributed by atoms with van der Waals surface area (Å²) < 4.78 is 27.0. The predicted octanol–water partition coefficient (Wildman–Crippen LogP) is 4.77. The lowest BCUT2D eigenvalue weighted by molar-refractivity contribution is 0.178. The first-order chi connectivity index (χ1) is 8.97. The standard InChI is InChI=1S/C14H10Br2F2O/c15-11-7-10(17)3-1-8(11)6-14(19)9-2-4-13(18)12(16)5-9/h1-5,7,14,19H,6H2. The van der Waals surface area contributed by atoms with Gasteiger partial charge in [-0.25, -0.2) is 8.78 Å². The predicted molar refractivity (Wildman–Crippen MR) is 76.9 cm³/mol. The molecule has 5 heteroatoms. The van der Waals surface area contributed by atoms with E-state index >= 15 is 0 Å². The molecule has 1 unspecified atom stereocenters. The summed E-state index contributed by atoms with van der Waals surface area (Å²) >= 11 is 6.33. The number of hydrogen-bond acceptors (Lipinski definition) is 1. The number of hydrogen-bond donors (Lipinski definition) is 1. The Bertz CT molecular complexity index is 602. The van der Waals surface area contributed by atoms with Gasteiger partial charge in [-0.2, -0.15) is 0 Å². The lowest BCUT2D eigenvalue weighted by Gasteiger charge is -2.13. The second-order valence-electron chi connectivity index (χ2n) is 4.13. The smallest absolute Gasteiger partial charge is 0.137 e. The van der Waals surface area contributed by atoms with Crippen LogP contribution in [0.25, 0.3) is 0 Å². The molecule has 0 saturated carbocycles. The highest BCUT2D eigenvalue weighted by atomic mass is 79.9. The number of aliphatic hydroxyl groups excluding tert-OH is 1. The van der Waals surface area contributed by atoms with Crippen LogP contribution in [0, 0.1) is 11.6 Å². The second kappa shape index (κ2) is 6.11. The van der Waals surface area contributed by atoms with Crippen LogP contribution in [0.2, 0.25) is 0 Å². The van der Waals surface area contributed by atoms with Crippen LogP contribution in [0.15, 0.2) is 45.3 Å². The van der Waals surface area contributed by atoms with Gasteiger partial charge in [0.15, 0.2) is 0 Å². The molecule has 1 atom stereocenters. The van der Waals surface area contributed by atoms with Crippen LogP contribution in [0.5, 0.6) is 0 Å². The highest BCUT2D eigenvalue weighted by molar-refractivity contribution is 9.10. The molecule has 0 spiro atoms. The summed E-state index contributed by atoms with van der Waals surface area (Å²) in [5, 5.41) is 10.1. The fourth-order valence-electron chi connectivity index (χ4n) is 1.73. The van der Waals surface area contributed by atoms with Crippen molar-refractivity contribution in [1.29, 1.82) is 0 Å². The summed E-state index contributed by atoms with van der Waals surface area (Å²) in [5.74, 6) is -0.714. The van der Waals surface area contributed by atoms with Crippen molar-refractivity contribution in [2.45, 2.75) is 12.5 Å². The van der Waals surface area contributed by atoms with E-state index in [1.165, 1.54) is 30.3 Å². The Balaban J connectivity index is 2.20. The maximum absolute atomic E-state index is 13.1. The summed E-state index contributed by atoms with van der Waals surface area (Å²) in [7, 11) is 0. The topological polar surface area (TPSA) is 20.2 Å². The molecule has 0 heterocycles. The van der Waals surface area contributed by atoms with E-state index in [-0.39, 0.29) is 11.6 Å². The SMILES string of the molecule is OC(Cc1ccc(F)cc1Br)c1ccc(F)c(Br)c1. The molecule has 19 heavy (non-hydrogen) atoms. The number of aliphatic hydroxyl groups is 1. The maximum atomic E-state index is 13.1. The molecule has 2 aromatic carbocycles. The highest BCUT2D eigenvalue weighted by Gasteiger charge is 2.13. The van der Waals surface area contributed by atoms with Crippen molar-refractivity contribution in [2.75, 3.05) is 0 Å². The third kappa shape index (κ3) is 3.61. The first kappa shape index (κ1) is 14.6. The van der Waals surface area contributed by atoms with E-state index in [0.29, 0.717) is 20.9 Å². The first-order valence-electron chi connectivity index (χ1n) is 5.54. The van der Waals surface area contributed by atoms with Crippen molar-refractivity contribution in [1.82, 2.24) is 0 Å². The Hall–Kier alpha value is -0.780. The molecule has 1 nitrogen and oxygen atoms in total. The van der Waals surface area contributed by atoms with Gasteiger partial charge in [-0.15, -0.1) is 0 Å². The molecule has 0 aliphatic carbocycles. The summed E-state index contributed by atoms with van der Waals surface area (Å²) in [4.78, 5) is 0. The zero-order valence-corrected chi connectivity index (χ0v) is 12.9. The quantitative estimate of drug-likeness (QED) is 0.799. The van der Waals surface area contributed by atoms with Gasteiger partial charge in [-0.05, 0) is 51.3 Å². The summed E-state index contributed by atoms with van der Waals surface area (Å²) in [5.41, 5.74) is 1.39. The molecule has 1 N–H and O–H groups in total. The van der Waals surface area contributed by atoms with Gasteiger partial charge < -0.3 is 5.11 Å². The van der Waals surface area contributed by atoms with Crippen LogP contribution >= 0.6 is 31.9 Å². The molecule has 0 aliphatic rings. The Morgan fingerprint density at radius 3 is 2.37 bits per heavy atom. The normalized spacial score (nSPS) is 12.5. The van der Waals surface area contributed by atoms with Gasteiger partial charge in [0.1, 0.15) is 11.6 Å². The molecule has 0 saturated heterocycles. The molecule has 0 aliphatic heterocycles. The van der Waals surface area contributed by atoms with Crippen molar-refractivity contribution in [2.24, 2.45) is 0 Å². The largest absolute Gasteiger partial charge is 0.388 e. The van der Waals surface area contributed by atoms with Gasteiger partial charge in [0.25, 0.3) is 0 Å². The van der Waals surface area contributed by atoms with Gasteiger partial charge in [-0.3, -0.25) is 0 Å². The summed E-state index contributed by atoms with van der Waals surface area (Å²) in [6, 6.07) is 8.67. The Labute approximate surface area is 126 Å². The Kier molecular flexibility index (Phi) is 4.71. The van der Waals surface area contributed by atoms with Crippen LogP contribution in [-0.2, 0) is 6.42 Å². The molecule has 0 fully saturated rings. The third-order valence-electron chi connectivity index (χ3n) is 2.76.